The molecule has 0 radical (unpaired) electrons. The standard InChI is InChI=1S/C28H31N3O3/c1-5-23(27(33)29-18(2)3)30(16-21-11-7-6-10-19(21)4)25(32)17-31-24-15-9-13-20-12-8-14-22(26(20)24)28(31)34/h6-15,18,23H,5,16-17H2,1-4H3,(H,29,33)/t23-/m0/s1. The average Bonchev–Trinajstić information content (AvgIpc) is 3.07. The van der Waals surface area contributed by atoms with Gasteiger partial charge in [-0.2, -0.15) is 0 Å². The fourth-order valence-corrected chi connectivity index (χ4v) is 4.63. The number of carbonyl (C=O) groups excluding carboxylic acids is 3. The number of hydrogen-bond acceptors (Lipinski definition) is 3. The lowest BCUT2D eigenvalue weighted by Gasteiger charge is -2.33. The van der Waals surface area contributed by atoms with Gasteiger partial charge in [-0.3, -0.25) is 19.3 Å². The maximum Gasteiger partial charge on any atom is 0.259 e. The molecule has 3 aromatic rings. The first-order valence-corrected chi connectivity index (χ1v) is 11.8. The number of hydrogen-bond donors (Lipinski definition) is 1. The van der Waals surface area contributed by atoms with E-state index >= 15 is 0 Å². The Labute approximate surface area is 200 Å². The van der Waals surface area contributed by atoms with Gasteiger partial charge in [-0.25, -0.2) is 0 Å². The molecule has 1 heterocycles. The number of anilines is 1. The summed E-state index contributed by atoms with van der Waals surface area (Å²) in [6, 6.07) is 18.5. The number of rotatable bonds is 8. The molecule has 1 aliphatic rings. The van der Waals surface area contributed by atoms with Crippen LogP contribution >= 0.6 is 0 Å². The SMILES string of the molecule is CC[C@@H](C(=O)NC(C)C)N(Cc1ccccc1C)C(=O)CN1C(=O)c2cccc3cccc1c23. The Kier molecular flexibility index (Phi) is 6.68. The first-order chi connectivity index (χ1) is 16.3. The van der Waals surface area contributed by atoms with Gasteiger partial charge in [0, 0.05) is 23.5 Å². The predicted molar refractivity (Wildman–Crippen MR) is 135 cm³/mol. The third kappa shape index (κ3) is 4.40. The molecule has 4 rings (SSSR count). The average molecular weight is 458 g/mol. The van der Waals surface area contributed by atoms with Crippen molar-refractivity contribution < 1.29 is 14.4 Å². The van der Waals surface area contributed by atoms with E-state index in [9.17, 15) is 14.4 Å². The predicted octanol–water partition coefficient (Wildman–Crippen LogP) is 4.44. The highest BCUT2D eigenvalue weighted by Crippen LogP contribution is 2.37. The second-order valence-electron chi connectivity index (χ2n) is 9.11. The van der Waals surface area contributed by atoms with Gasteiger partial charge in [0.15, 0.2) is 0 Å². The van der Waals surface area contributed by atoms with Crippen molar-refractivity contribution in [2.45, 2.75) is 52.7 Å². The van der Waals surface area contributed by atoms with Crippen molar-refractivity contribution in [1.29, 1.82) is 0 Å². The van der Waals surface area contributed by atoms with Crippen molar-refractivity contribution in [1.82, 2.24) is 10.2 Å². The number of amides is 3. The van der Waals surface area contributed by atoms with Crippen molar-refractivity contribution in [3.8, 4) is 0 Å². The summed E-state index contributed by atoms with van der Waals surface area (Å²) < 4.78 is 0. The molecule has 0 spiro atoms. The Morgan fingerprint density at radius 1 is 1.00 bits per heavy atom. The molecule has 34 heavy (non-hydrogen) atoms. The molecule has 0 saturated carbocycles. The summed E-state index contributed by atoms with van der Waals surface area (Å²) in [5, 5.41) is 4.79. The number of benzene rings is 3. The van der Waals surface area contributed by atoms with Gasteiger partial charge in [-0.05, 0) is 55.8 Å². The minimum atomic E-state index is -0.634. The number of nitrogens with zero attached hydrogens (tertiary/aromatic N) is 2. The summed E-state index contributed by atoms with van der Waals surface area (Å²) in [5.41, 5.74) is 3.37. The van der Waals surface area contributed by atoms with Gasteiger partial charge >= 0.3 is 0 Å². The maximum absolute atomic E-state index is 13.8. The molecular weight excluding hydrogens is 426 g/mol. The maximum atomic E-state index is 13.8. The van der Waals surface area contributed by atoms with E-state index < -0.39 is 6.04 Å². The summed E-state index contributed by atoms with van der Waals surface area (Å²) in [6.45, 7) is 7.88. The molecule has 6 heteroatoms. The minimum absolute atomic E-state index is 0.0378. The quantitative estimate of drug-likeness (QED) is 0.544. The molecule has 1 N–H and O–H groups in total. The van der Waals surface area contributed by atoms with E-state index in [1.165, 1.54) is 4.90 Å². The summed E-state index contributed by atoms with van der Waals surface area (Å²) in [5.74, 6) is -0.625. The number of nitrogens with one attached hydrogen (secondary N) is 1. The van der Waals surface area contributed by atoms with Gasteiger partial charge in [0.05, 0.1) is 5.69 Å². The third-order valence-electron chi connectivity index (χ3n) is 6.36. The van der Waals surface area contributed by atoms with E-state index in [0.717, 1.165) is 27.6 Å². The van der Waals surface area contributed by atoms with Crippen LogP contribution in [0.4, 0.5) is 5.69 Å². The van der Waals surface area contributed by atoms with Gasteiger partial charge in [0.25, 0.3) is 5.91 Å². The topological polar surface area (TPSA) is 69.7 Å². The van der Waals surface area contributed by atoms with Crippen molar-refractivity contribution in [2.75, 3.05) is 11.4 Å². The monoisotopic (exact) mass is 457 g/mol. The molecule has 176 valence electrons. The lowest BCUT2D eigenvalue weighted by atomic mass is 10.1. The van der Waals surface area contributed by atoms with Crippen LogP contribution in [0.25, 0.3) is 10.8 Å². The van der Waals surface area contributed by atoms with Crippen LogP contribution in [0.3, 0.4) is 0 Å². The van der Waals surface area contributed by atoms with Gasteiger partial charge in [0.1, 0.15) is 12.6 Å². The first kappa shape index (κ1) is 23.5. The summed E-state index contributed by atoms with van der Waals surface area (Å²) in [7, 11) is 0. The molecule has 3 aromatic carbocycles. The Morgan fingerprint density at radius 2 is 1.71 bits per heavy atom. The van der Waals surface area contributed by atoms with Gasteiger partial charge in [-0.1, -0.05) is 55.5 Å². The lowest BCUT2D eigenvalue weighted by Crippen LogP contribution is -2.53. The first-order valence-electron chi connectivity index (χ1n) is 11.8. The van der Waals surface area contributed by atoms with Crippen molar-refractivity contribution in [3.05, 3.63) is 77.4 Å². The van der Waals surface area contributed by atoms with Crippen LogP contribution in [-0.2, 0) is 16.1 Å². The highest BCUT2D eigenvalue weighted by molar-refractivity contribution is 6.26. The lowest BCUT2D eigenvalue weighted by molar-refractivity contribution is -0.140. The zero-order valence-corrected chi connectivity index (χ0v) is 20.2. The number of carbonyl (C=O) groups is 3. The third-order valence-corrected chi connectivity index (χ3v) is 6.36. The van der Waals surface area contributed by atoms with Crippen LogP contribution in [0, 0.1) is 6.92 Å². The zero-order valence-electron chi connectivity index (χ0n) is 20.2. The van der Waals surface area contributed by atoms with Crippen molar-refractivity contribution in [2.24, 2.45) is 0 Å². The number of aryl methyl sites for hydroxylation is 1. The molecule has 0 aliphatic carbocycles. The van der Waals surface area contributed by atoms with Gasteiger partial charge < -0.3 is 10.2 Å². The fraction of sp³-hybridized carbons (Fsp3) is 0.321. The van der Waals surface area contributed by atoms with Crippen molar-refractivity contribution >= 4 is 34.2 Å². The molecule has 0 saturated heterocycles. The van der Waals surface area contributed by atoms with E-state index in [1.54, 1.807) is 11.0 Å². The second-order valence-corrected chi connectivity index (χ2v) is 9.11. The molecule has 0 bridgehead atoms. The smallest absolute Gasteiger partial charge is 0.259 e. The molecule has 1 aliphatic heterocycles. The fourth-order valence-electron chi connectivity index (χ4n) is 4.63. The molecule has 1 atom stereocenters. The van der Waals surface area contributed by atoms with Crippen LogP contribution in [0.15, 0.2) is 60.7 Å². The van der Waals surface area contributed by atoms with E-state index in [1.807, 2.05) is 82.3 Å². The van der Waals surface area contributed by atoms with Crippen LogP contribution in [0.2, 0.25) is 0 Å². The highest BCUT2D eigenvalue weighted by atomic mass is 16.2. The van der Waals surface area contributed by atoms with Crippen LogP contribution < -0.4 is 10.2 Å². The van der Waals surface area contributed by atoms with Crippen LogP contribution in [0.5, 0.6) is 0 Å². The summed E-state index contributed by atoms with van der Waals surface area (Å²) in [6.07, 6.45) is 0.472. The Bertz CT molecular complexity index is 1250. The Hall–Kier alpha value is -3.67. The highest BCUT2D eigenvalue weighted by Gasteiger charge is 2.35. The minimum Gasteiger partial charge on any atom is -0.352 e. The Morgan fingerprint density at radius 3 is 2.38 bits per heavy atom. The Balaban J connectivity index is 1.67. The van der Waals surface area contributed by atoms with Crippen LogP contribution in [-0.4, -0.2) is 41.2 Å². The van der Waals surface area contributed by atoms with Gasteiger partial charge in [-0.15, -0.1) is 0 Å². The summed E-state index contributed by atoms with van der Waals surface area (Å²) in [4.78, 5) is 43.2. The second kappa shape index (κ2) is 9.67. The van der Waals surface area contributed by atoms with E-state index in [2.05, 4.69) is 5.32 Å². The molecule has 0 fully saturated rings. The largest absolute Gasteiger partial charge is 0.352 e. The summed E-state index contributed by atoms with van der Waals surface area (Å²) >= 11 is 0. The molecule has 0 aromatic heterocycles. The van der Waals surface area contributed by atoms with E-state index in [4.69, 9.17) is 0 Å². The molecule has 3 amide bonds. The molecule has 6 nitrogen and oxygen atoms in total. The van der Waals surface area contributed by atoms with Crippen LogP contribution in [0.1, 0.15) is 48.7 Å². The van der Waals surface area contributed by atoms with Gasteiger partial charge in [0.2, 0.25) is 11.8 Å². The molecule has 0 unspecified atom stereocenters. The normalized spacial score (nSPS) is 13.4. The zero-order chi connectivity index (χ0) is 24.4. The van der Waals surface area contributed by atoms with E-state index in [-0.39, 0.29) is 30.3 Å². The van der Waals surface area contributed by atoms with Crippen molar-refractivity contribution in [3.63, 3.8) is 0 Å². The van der Waals surface area contributed by atoms with E-state index in [0.29, 0.717) is 18.5 Å². The molecular formula is C28H31N3O3.